The average Bonchev–Trinajstić information content (AvgIpc) is 3.06. The number of hydrogen-bond acceptors (Lipinski definition) is 6. The Hall–Kier alpha value is -1.96. The number of esters is 1. The topological polar surface area (TPSA) is 103 Å². The molecule has 114 valence electrons. The predicted molar refractivity (Wildman–Crippen MR) is 75.9 cm³/mol. The fraction of sp³-hybridized carbons (Fsp3) is 0.538. The van der Waals surface area contributed by atoms with E-state index in [1.165, 1.54) is 10.3 Å². The van der Waals surface area contributed by atoms with Crippen molar-refractivity contribution < 1.29 is 19.1 Å². The van der Waals surface area contributed by atoms with Gasteiger partial charge in [-0.05, 0) is 20.3 Å². The zero-order valence-electron chi connectivity index (χ0n) is 11.9. The first-order valence-electron chi connectivity index (χ1n) is 6.59. The zero-order chi connectivity index (χ0) is 15.6. The van der Waals surface area contributed by atoms with E-state index in [0.717, 1.165) is 11.3 Å². The van der Waals surface area contributed by atoms with Crippen LogP contribution in [0, 0.1) is 5.41 Å². The van der Waals surface area contributed by atoms with Crippen LogP contribution in [0.2, 0.25) is 0 Å². The fourth-order valence-electron chi connectivity index (χ4n) is 2.16. The molecule has 0 spiro atoms. The van der Waals surface area contributed by atoms with Crippen LogP contribution in [0.4, 0.5) is 0 Å². The van der Waals surface area contributed by atoms with E-state index in [0.29, 0.717) is 13.0 Å². The first-order valence-corrected chi connectivity index (χ1v) is 7.47. The molecule has 1 aliphatic heterocycles. The Kier molecular flexibility index (Phi) is 4.26. The van der Waals surface area contributed by atoms with E-state index in [-0.39, 0.29) is 29.8 Å². The number of thiazole rings is 1. The molecule has 1 aliphatic rings. The molecule has 2 rings (SSSR count). The quantitative estimate of drug-likeness (QED) is 0.823. The second-order valence-electron chi connectivity index (χ2n) is 5.16. The highest BCUT2D eigenvalue weighted by molar-refractivity contribution is 7.11. The third kappa shape index (κ3) is 3.05. The van der Waals surface area contributed by atoms with Crippen LogP contribution in [0.5, 0.6) is 0 Å². The van der Waals surface area contributed by atoms with Gasteiger partial charge in [0.2, 0.25) is 10.9 Å². The van der Waals surface area contributed by atoms with Gasteiger partial charge in [0, 0.05) is 18.5 Å². The lowest BCUT2D eigenvalue weighted by Crippen LogP contribution is -2.38. The van der Waals surface area contributed by atoms with Gasteiger partial charge in [-0.25, -0.2) is 9.78 Å². The van der Waals surface area contributed by atoms with Crippen molar-refractivity contribution in [3.63, 3.8) is 0 Å². The summed E-state index contributed by atoms with van der Waals surface area (Å²) in [6, 6.07) is 0. The van der Waals surface area contributed by atoms with Crippen molar-refractivity contribution in [2.24, 2.45) is 11.1 Å². The van der Waals surface area contributed by atoms with Crippen molar-refractivity contribution in [3.8, 4) is 0 Å². The Morgan fingerprint density at radius 3 is 2.81 bits per heavy atom. The summed E-state index contributed by atoms with van der Waals surface area (Å²) in [5.41, 5.74) is 4.85. The number of ether oxygens (including phenoxy) is 1. The van der Waals surface area contributed by atoms with Gasteiger partial charge in [0.15, 0.2) is 0 Å². The molecule has 2 N–H and O–H groups in total. The summed E-state index contributed by atoms with van der Waals surface area (Å²) in [6.07, 6.45) is 0.531. The van der Waals surface area contributed by atoms with Crippen LogP contribution in [0.25, 0.3) is 0 Å². The lowest BCUT2D eigenvalue weighted by molar-refractivity contribution is -0.126. The largest absolute Gasteiger partial charge is 0.461 e. The van der Waals surface area contributed by atoms with Crippen LogP contribution in [0.1, 0.15) is 40.6 Å². The molecule has 0 aromatic carbocycles. The standard InChI is InChI=1S/C13H17N3O4S/c1-3-20-11(18)9-15-8(6-21-9)10(17)16-5-4-13(2,7-16)12(14)19/h6H,3-5,7H2,1-2H3,(H2,14,19). The maximum Gasteiger partial charge on any atom is 0.367 e. The normalized spacial score (nSPS) is 21.3. The molecule has 1 unspecified atom stereocenters. The van der Waals surface area contributed by atoms with Crippen molar-refractivity contribution in [2.75, 3.05) is 19.7 Å². The van der Waals surface area contributed by atoms with Crippen molar-refractivity contribution >= 4 is 29.1 Å². The molecule has 7 nitrogen and oxygen atoms in total. The highest BCUT2D eigenvalue weighted by atomic mass is 32.1. The number of nitrogens with zero attached hydrogens (tertiary/aromatic N) is 2. The van der Waals surface area contributed by atoms with Crippen LogP contribution < -0.4 is 5.73 Å². The number of amides is 2. The minimum absolute atomic E-state index is 0.150. The predicted octanol–water partition coefficient (Wildman–Crippen LogP) is 0.657. The van der Waals surface area contributed by atoms with E-state index in [2.05, 4.69) is 4.98 Å². The Labute approximate surface area is 126 Å². The summed E-state index contributed by atoms with van der Waals surface area (Å²) in [5, 5.41) is 1.67. The van der Waals surface area contributed by atoms with Crippen LogP contribution in [-0.4, -0.2) is 47.4 Å². The van der Waals surface area contributed by atoms with Gasteiger partial charge in [-0.3, -0.25) is 9.59 Å². The van der Waals surface area contributed by atoms with E-state index in [4.69, 9.17) is 10.5 Å². The number of likely N-dealkylation sites (tertiary alicyclic amines) is 1. The Morgan fingerprint density at radius 1 is 1.52 bits per heavy atom. The van der Waals surface area contributed by atoms with Gasteiger partial charge in [0.1, 0.15) is 5.69 Å². The number of hydrogen-bond donors (Lipinski definition) is 1. The molecule has 1 aromatic rings. The number of primary amides is 1. The van der Waals surface area contributed by atoms with E-state index in [9.17, 15) is 14.4 Å². The third-order valence-electron chi connectivity index (χ3n) is 3.53. The van der Waals surface area contributed by atoms with E-state index < -0.39 is 17.3 Å². The molecule has 1 fully saturated rings. The molecule has 0 radical (unpaired) electrons. The maximum absolute atomic E-state index is 12.3. The number of rotatable bonds is 4. The molecule has 0 aliphatic carbocycles. The molecule has 1 saturated heterocycles. The molecule has 1 atom stereocenters. The summed E-state index contributed by atoms with van der Waals surface area (Å²) in [5.74, 6) is -1.25. The molecule has 21 heavy (non-hydrogen) atoms. The summed E-state index contributed by atoms with van der Waals surface area (Å²) in [4.78, 5) is 40.8. The van der Waals surface area contributed by atoms with Crippen LogP contribution in [0.15, 0.2) is 5.38 Å². The van der Waals surface area contributed by atoms with Crippen LogP contribution in [-0.2, 0) is 9.53 Å². The van der Waals surface area contributed by atoms with Gasteiger partial charge >= 0.3 is 5.97 Å². The van der Waals surface area contributed by atoms with E-state index in [1.54, 1.807) is 13.8 Å². The maximum atomic E-state index is 12.3. The van der Waals surface area contributed by atoms with Crippen LogP contribution >= 0.6 is 11.3 Å². The molecule has 2 heterocycles. The zero-order valence-corrected chi connectivity index (χ0v) is 12.7. The monoisotopic (exact) mass is 311 g/mol. The fourth-order valence-corrected chi connectivity index (χ4v) is 2.84. The SMILES string of the molecule is CCOC(=O)c1nc(C(=O)N2CCC(C)(C(N)=O)C2)cs1. The number of aromatic nitrogens is 1. The first-order chi connectivity index (χ1) is 9.87. The Morgan fingerprint density at radius 2 is 2.24 bits per heavy atom. The number of carbonyl (C=O) groups excluding carboxylic acids is 3. The Bertz CT molecular complexity index is 586. The molecular weight excluding hydrogens is 294 g/mol. The lowest BCUT2D eigenvalue weighted by Gasteiger charge is -2.20. The van der Waals surface area contributed by atoms with Crippen molar-refractivity contribution in [2.45, 2.75) is 20.3 Å². The first kappa shape index (κ1) is 15.4. The van der Waals surface area contributed by atoms with Gasteiger partial charge < -0.3 is 15.4 Å². The highest BCUT2D eigenvalue weighted by Gasteiger charge is 2.41. The van der Waals surface area contributed by atoms with Gasteiger partial charge in [0.25, 0.3) is 5.91 Å². The summed E-state index contributed by atoms with van der Waals surface area (Å²) < 4.78 is 4.83. The van der Waals surface area contributed by atoms with Gasteiger partial charge in [-0.1, -0.05) is 0 Å². The molecule has 0 saturated carbocycles. The van der Waals surface area contributed by atoms with Gasteiger partial charge in [0.05, 0.1) is 12.0 Å². The van der Waals surface area contributed by atoms with Crippen molar-refractivity contribution in [1.29, 1.82) is 0 Å². The molecular formula is C13H17N3O4S. The van der Waals surface area contributed by atoms with Gasteiger partial charge in [-0.2, -0.15) is 0 Å². The smallest absolute Gasteiger partial charge is 0.367 e. The second-order valence-corrected chi connectivity index (χ2v) is 6.02. The lowest BCUT2D eigenvalue weighted by atomic mass is 9.89. The van der Waals surface area contributed by atoms with Crippen molar-refractivity contribution in [1.82, 2.24) is 9.88 Å². The van der Waals surface area contributed by atoms with E-state index in [1.807, 2.05) is 0 Å². The summed E-state index contributed by atoms with van der Waals surface area (Å²) in [6.45, 7) is 4.42. The third-order valence-corrected chi connectivity index (χ3v) is 4.35. The average molecular weight is 311 g/mol. The second kappa shape index (κ2) is 5.80. The Balaban J connectivity index is 2.08. The number of nitrogens with two attached hydrogens (primary N) is 1. The minimum atomic E-state index is -0.699. The van der Waals surface area contributed by atoms with E-state index >= 15 is 0 Å². The van der Waals surface area contributed by atoms with Crippen molar-refractivity contribution in [3.05, 3.63) is 16.1 Å². The molecule has 8 heteroatoms. The summed E-state index contributed by atoms with van der Waals surface area (Å²) >= 11 is 1.07. The molecule has 1 aromatic heterocycles. The van der Waals surface area contributed by atoms with Crippen LogP contribution in [0.3, 0.4) is 0 Å². The molecule has 2 amide bonds. The number of carbonyl (C=O) groups is 3. The highest BCUT2D eigenvalue weighted by Crippen LogP contribution is 2.30. The molecule has 0 bridgehead atoms. The summed E-state index contributed by atoms with van der Waals surface area (Å²) in [7, 11) is 0. The minimum Gasteiger partial charge on any atom is -0.461 e. The van der Waals surface area contributed by atoms with Gasteiger partial charge in [-0.15, -0.1) is 11.3 Å².